The molecule has 12 heavy (non-hydrogen) atoms. The summed E-state index contributed by atoms with van der Waals surface area (Å²) < 4.78 is 0. The first-order chi connectivity index (χ1) is 5.61. The van der Waals surface area contributed by atoms with Crippen molar-refractivity contribution in [2.75, 3.05) is 0 Å². The third-order valence-corrected chi connectivity index (χ3v) is 1.21. The van der Waals surface area contributed by atoms with Gasteiger partial charge in [-0.2, -0.15) is 0 Å². The second kappa shape index (κ2) is 3.24. The maximum absolute atomic E-state index is 10.5. The van der Waals surface area contributed by atoms with Crippen LogP contribution in [-0.4, -0.2) is 26.1 Å². The van der Waals surface area contributed by atoms with Gasteiger partial charge in [-0.05, 0) is 6.07 Å². The average molecular weight is 169 g/mol. The van der Waals surface area contributed by atoms with Gasteiger partial charge < -0.3 is 15.9 Å². The van der Waals surface area contributed by atoms with Crippen molar-refractivity contribution >= 4 is 5.91 Å². The zero-order chi connectivity index (χ0) is 9.14. The fraction of sp³-hybridized carbons (Fsp3) is 0.167. The fourth-order valence-corrected chi connectivity index (χ4v) is 0.648. The molecule has 0 atom stereocenters. The van der Waals surface area contributed by atoms with Gasteiger partial charge in [0, 0.05) is 0 Å². The summed E-state index contributed by atoms with van der Waals surface area (Å²) in [6.45, 7) is 0. The summed E-state index contributed by atoms with van der Waals surface area (Å²) in [4.78, 5) is 17.6. The Hall–Kier alpha value is -1.53. The van der Waals surface area contributed by atoms with E-state index in [-0.39, 0.29) is 11.4 Å². The highest BCUT2D eigenvalue weighted by Gasteiger charge is 2.08. The smallest absolute Gasteiger partial charge is 0.267 e. The van der Waals surface area contributed by atoms with Gasteiger partial charge in [-0.25, -0.2) is 9.97 Å². The van der Waals surface area contributed by atoms with E-state index >= 15 is 0 Å². The molecule has 1 rings (SSSR count). The first kappa shape index (κ1) is 8.57. The number of rotatable bonds is 2. The summed E-state index contributed by atoms with van der Waals surface area (Å²) in [7, 11) is 0. The van der Waals surface area contributed by atoms with Crippen LogP contribution in [0.2, 0.25) is 0 Å². The molecule has 1 amide bonds. The van der Waals surface area contributed by atoms with E-state index in [1.807, 2.05) is 0 Å². The second-order valence-corrected chi connectivity index (χ2v) is 2.07. The van der Waals surface area contributed by atoms with Crippen LogP contribution in [0.15, 0.2) is 12.4 Å². The highest BCUT2D eigenvalue weighted by Crippen LogP contribution is 2.05. The van der Waals surface area contributed by atoms with Crippen LogP contribution in [-0.2, 0) is 0 Å². The number of hydrogen-bond acceptors (Lipinski definition) is 5. The second-order valence-electron chi connectivity index (χ2n) is 2.07. The highest BCUT2D eigenvalue weighted by molar-refractivity contribution is 5.90. The van der Waals surface area contributed by atoms with E-state index in [4.69, 9.17) is 15.9 Å². The Labute approximate surface area is 67.7 Å². The lowest BCUT2D eigenvalue weighted by Crippen LogP contribution is -2.14. The minimum absolute atomic E-state index is 0.0481. The molecule has 0 saturated heterocycles. The van der Waals surface area contributed by atoms with Gasteiger partial charge in [0.05, 0.1) is 0 Å². The molecule has 0 aliphatic rings. The van der Waals surface area contributed by atoms with Crippen LogP contribution in [0.3, 0.4) is 0 Å². The standard InChI is InChI=1S/C6H7N3O3/c7-5(10)3-1-4(6(11)12)9-2-8-3/h1-2,6,11-12H,(H2,7,10). The van der Waals surface area contributed by atoms with Crippen LogP contribution < -0.4 is 5.73 Å². The van der Waals surface area contributed by atoms with Gasteiger partial charge in [0.25, 0.3) is 5.91 Å². The molecule has 0 aliphatic carbocycles. The van der Waals surface area contributed by atoms with E-state index in [9.17, 15) is 4.79 Å². The predicted octanol–water partition coefficient (Wildman–Crippen LogP) is -1.44. The zero-order valence-corrected chi connectivity index (χ0v) is 6.01. The molecule has 0 saturated carbocycles. The van der Waals surface area contributed by atoms with Gasteiger partial charge >= 0.3 is 0 Å². The number of aromatic nitrogens is 2. The number of aliphatic hydroxyl groups excluding tert-OH is 1. The van der Waals surface area contributed by atoms with E-state index < -0.39 is 12.2 Å². The van der Waals surface area contributed by atoms with Crippen LogP contribution in [0.25, 0.3) is 0 Å². The molecule has 0 spiro atoms. The molecule has 64 valence electrons. The molecule has 0 fully saturated rings. The van der Waals surface area contributed by atoms with E-state index in [0.29, 0.717) is 0 Å². The van der Waals surface area contributed by atoms with Crippen LogP contribution in [0.4, 0.5) is 0 Å². The quantitative estimate of drug-likeness (QED) is 0.469. The Morgan fingerprint density at radius 1 is 1.50 bits per heavy atom. The Morgan fingerprint density at radius 3 is 2.67 bits per heavy atom. The van der Waals surface area contributed by atoms with Crippen molar-refractivity contribution < 1.29 is 15.0 Å². The number of carbonyl (C=O) groups excluding carboxylic acids is 1. The first-order valence-corrected chi connectivity index (χ1v) is 3.09. The van der Waals surface area contributed by atoms with Crippen molar-refractivity contribution in [1.29, 1.82) is 0 Å². The SMILES string of the molecule is NC(=O)c1cc(C(O)O)ncn1. The molecule has 1 aromatic heterocycles. The summed E-state index contributed by atoms with van der Waals surface area (Å²) in [5, 5.41) is 17.3. The molecule has 0 aromatic carbocycles. The van der Waals surface area contributed by atoms with E-state index in [2.05, 4.69) is 9.97 Å². The van der Waals surface area contributed by atoms with Crippen molar-refractivity contribution in [3.63, 3.8) is 0 Å². The molecule has 0 bridgehead atoms. The van der Waals surface area contributed by atoms with Gasteiger partial charge in [0.1, 0.15) is 17.7 Å². The highest BCUT2D eigenvalue weighted by atomic mass is 16.5. The van der Waals surface area contributed by atoms with Crippen LogP contribution in [0, 0.1) is 0 Å². The predicted molar refractivity (Wildman–Crippen MR) is 37.7 cm³/mol. The summed E-state index contributed by atoms with van der Waals surface area (Å²) in [6.07, 6.45) is -0.680. The van der Waals surface area contributed by atoms with E-state index in [1.165, 1.54) is 0 Å². The lowest BCUT2D eigenvalue weighted by Gasteiger charge is -2.01. The minimum Gasteiger partial charge on any atom is -0.364 e. The van der Waals surface area contributed by atoms with Gasteiger partial charge in [-0.1, -0.05) is 0 Å². The van der Waals surface area contributed by atoms with Crippen LogP contribution in [0.1, 0.15) is 22.5 Å². The van der Waals surface area contributed by atoms with Crippen LogP contribution >= 0.6 is 0 Å². The fourth-order valence-electron chi connectivity index (χ4n) is 0.648. The summed E-state index contributed by atoms with van der Waals surface area (Å²) in [5.74, 6) is -0.737. The molecule has 0 radical (unpaired) electrons. The Morgan fingerprint density at radius 2 is 2.17 bits per heavy atom. The maximum atomic E-state index is 10.5. The van der Waals surface area contributed by atoms with Gasteiger partial charge in [-0.3, -0.25) is 4.79 Å². The third-order valence-electron chi connectivity index (χ3n) is 1.21. The van der Waals surface area contributed by atoms with Crippen molar-refractivity contribution in [1.82, 2.24) is 9.97 Å². The van der Waals surface area contributed by atoms with Crippen molar-refractivity contribution in [2.45, 2.75) is 6.29 Å². The lowest BCUT2D eigenvalue weighted by atomic mass is 10.3. The number of nitrogens with two attached hydrogens (primary N) is 1. The molecule has 1 heterocycles. The minimum atomic E-state index is -1.72. The topological polar surface area (TPSA) is 109 Å². The zero-order valence-electron chi connectivity index (χ0n) is 6.01. The molecule has 0 unspecified atom stereocenters. The first-order valence-electron chi connectivity index (χ1n) is 3.09. The lowest BCUT2D eigenvalue weighted by molar-refractivity contribution is -0.0459. The monoisotopic (exact) mass is 169 g/mol. The Kier molecular flexibility index (Phi) is 2.32. The number of hydrogen-bond donors (Lipinski definition) is 3. The largest absolute Gasteiger partial charge is 0.364 e. The van der Waals surface area contributed by atoms with Crippen molar-refractivity contribution in [3.05, 3.63) is 23.8 Å². The van der Waals surface area contributed by atoms with Gasteiger partial charge in [0.15, 0.2) is 6.29 Å². The van der Waals surface area contributed by atoms with Gasteiger partial charge in [-0.15, -0.1) is 0 Å². The molecular formula is C6H7N3O3. The summed E-state index contributed by atoms with van der Waals surface area (Å²) in [6, 6.07) is 1.12. The number of aliphatic hydroxyl groups is 2. The number of nitrogens with zero attached hydrogens (tertiary/aromatic N) is 2. The van der Waals surface area contributed by atoms with Crippen molar-refractivity contribution in [2.24, 2.45) is 5.73 Å². The van der Waals surface area contributed by atoms with Gasteiger partial charge in [0.2, 0.25) is 0 Å². The summed E-state index contributed by atoms with van der Waals surface area (Å²) in [5.41, 5.74) is 4.79. The molecule has 6 heteroatoms. The molecular weight excluding hydrogens is 162 g/mol. The molecule has 1 aromatic rings. The Bertz CT molecular complexity index is 300. The van der Waals surface area contributed by atoms with Crippen LogP contribution in [0.5, 0.6) is 0 Å². The number of carbonyl (C=O) groups is 1. The maximum Gasteiger partial charge on any atom is 0.267 e. The molecule has 6 nitrogen and oxygen atoms in total. The number of amides is 1. The van der Waals surface area contributed by atoms with E-state index in [0.717, 1.165) is 12.4 Å². The Balaban J connectivity index is 3.04. The normalized spacial score (nSPS) is 10.2. The third kappa shape index (κ3) is 1.74. The number of primary amides is 1. The van der Waals surface area contributed by atoms with Crippen molar-refractivity contribution in [3.8, 4) is 0 Å². The molecule has 0 aliphatic heterocycles. The molecule has 4 N–H and O–H groups in total. The summed E-state index contributed by atoms with van der Waals surface area (Å²) >= 11 is 0. The van der Waals surface area contributed by atoms with E-state index in [1.54, 1.807) is 0 Å². The average Bonchev–Trinajstić information content (AvgIpc) is 2.04.